The molecule has 0 aliphatic rings. The Morgan fingerprint density at radius 2 is 1.78 bits per heavy atom. The minimum atomic E-state index is -1.37. The number of rotatable bonds is 6. The van der Waals surface area contributed by atoms with Gasteiger partial charge in [0.05, 0.1) is 13.2 Å². The van der Waals surface area contributed by atoms with Gasteiger partial charge in [-0.15, -0.1) is 0 Å². The Labute approximate surface area is 108 Å². The van der Waals surface area contributed by atoms with Crippen LogP contribution in [0.25, 0.3) is 0 Å². The number of hydrogen-bond donors (Lipinski definition) is 2. The van der Waals surface area contributed by atoms with Crippen LogP contribution in [0, 0.1) is 0 Å². The minimum absolute atomic E-state index is 0.0599. The molecule has 2 N–H and O–H groups in total. The first-order valence-electron chi connectivity index (χ1n) is 6.09. The van der Waals surface area contributed by atoms with Crippen molar-refractivity contribution in [1.29, 1.82) is 0 Å². The molecule has 0 radical (unpaired) electrons. The van der Waals surface area contributed by atoms with Gasteiger partial charge < -0.3 is 14.9 Å². The van der Waals surface area contributed by atoms with Crippen LogP contribution < -0.4 is 0 Å². The molecule has 0 saturated heterocycles. The summed E-state index contributed by atoms with van der Waals surface area (Å²) < 4.78 is 5.19. The molecule has 4 nitrogen and oxygen atoms in total. The lowest BCUT2D eigenvalue weighted by Crippen LogP contribution is -2.35. The van der Waals surface area contributed by atoms with Crippen molar-refractivity contribution in [3.8, 4) is 0 Å². The smallest absolute Gasteiger partial charge is 0.160 e. The predicted molar refractivity (Wildman–Crippen MR) is 70.1 cm³/mol. The molecule has 0 aliphatic carbocycles. The van der Waals surface area contributed by atoms with Crippen LogP contribution in [0.15, 0.2) is 30.3 Å². The number of ether oxygens (including phenoxy) is 1. The number of aliphatic hydroxyl groups excluding tert-OH is 2. The van der Waals surface area contributed by atoms with Crippen LogP contribution in [0.5, 0.6) is 0 Å². The van der Waals surface area contributed by atoms with Crippen LogP contribution in [-0.2, 0) is 16.1 Å². The summed E-state index contributed by atoms with van der Waals surface area (Å²) in [5.41, 5.74) is 0.979. The van der Waals surface area contributed by atoms with Gasteiger partial charge in [0, 0.05) is 0 Å². The fourth-order valence-electron chi connectivity index (χ4n) is 1.23. The molecule has 0 heterocycles. The second-order valence-corrected chi connectivity index (χ2v) is 3.62. The Balaban J connectivity index is 0.00000137. The number of benzene rings is 1. The SMILES string of the molecule is CC.CC(=O)C(O)C(O)COCc1ccccc1. The van der Waals surface area contributed by atoms with Gasteiger partial charge in [0.2, 0.25) is 0 Å². The number of ketones is 1. The Morgan fingerprint density at radius 3 is 2.28 bits per heavy atom. The molecule has 0 aromatic heterocycles. The lowest BCUT2D eigenvalue weighted by molar-refractivity contribution is -0.133. The Bertz CT molecular complexity index is 324. The third-order valence-electron chi connectivity index (χ3n) is 2.18. The van der Waals surface area contributed by atoms with Crippen molar-refractivity contribution >= 4 is 5.78 Å². The van der Waals surface area contributed by atoms with Crippen molar-refractivity contribution < 1.29 is 19.7 Å². The van der Waals surface area contributed by atoms with E-state index < -0.39 is 18.0 Å². The first-order valence-corrected chi connectivity index (χ1v) is 6.09. The van der Waals surface area contributed by atoms with Gasteiger partial charge in [0.25, 0.3) is 0 Å². The third kappa shape index (κ3) is 6.49. The maximum absolute atomic E-state index is 10.8. The fraction of sp³-hybridized carbons (Fsp3) is 0.500. The topological polar surface area (TPSA) is 66.8 Å². The lowest BCUT2D eigenvalue weighted by Gasteiger charge is -2.15. The molecule has 0 amide bonds. The highest BCUT2D eigenvalue weighted by Gasteiger charge is 2.20. The summed E-state index contributed by atoms with van der Waals surface area (Å²) in [6.45, 7) is 5.52. The predicted octanol–water partition coefficient (Wildman–Crippen LogP) is 1.54. The molecule has 4 heteroatoms. The van der Waals surface area contributed by atoms with Crippen molar-refractivity contribution in [3.05, 3.63) is 35.9 Å². The monoisotopic (exact) mass is 254 g/mol. The standard InChI is InChI=1S/C12H16O4.C2H6/c1-9(13)12(15)11(14)8-16-7-10-5-3-2-4-6-10;1-2/h2-6,11-12,14-15H,7-8H2,1H3;1-2H3. The van der Waals surface area contributed by atoms with Crippen LogP contribution in [0.2, 0.25) is 0 Å². The molecule has 2 atom stereocenters. The average Bonchev–Trinajstić information content (AvgIpc) is 2.41. The molecule has 1 aromatic carbocycles. The van der Waals surface area contributed by atoms with Crippen LogP contribution in [0.1, 0.15) is 26.3 Å². The number of carbonyl (C=O) groups is 1. The van der Waals surface area contributed by atoms with Gasteiger partial charge in [-0.1, -0.05) is 44.2 Å². The van der Waals surface area contributed by atoms with Crippen molar-refractivity contribution in [2.75, 3.05) is 6.61 Å². The van der Waals surface area contributed by atoms with Gasteiger partial charge in [0.1, 0.15) is 12.2 Å². The summed E-state index contributed by atoms with van der Waals surface area (Å²) in [5, 5.41) is 18.6. The van der Waals surface area contributed by atoms with E-state index >= 15 is 0 Å². The van der Waals surface area contributed by atoms with Crippen LogP contribution in [-0.4, -0.2) is 34.8 Å². The summed E-state index contributed by atoms with van der Waals surface area (Å²) in [4.78, 5) is 10.8. The molecule has 18 heavy (non-hydrogen) atoms. The van der Waals surface area contributed by atoms with E-state index in [1.54, 1.807) is 0 Å². The summed E-state index contributed by atoms with van der Waals surface area (Å²) in [5.74, 6) is -0.462. The van der Waals surface area contributed by atoms with Gasteiger partial charge in [-0.25, -0.2) is 0 Å². The summed E-state index contributed by atoms with van der Waals surface area (Å²) in [6.07, 6.45) is -2.53. The van der Waals surface area contributed by atoms with Crippen LogP contribution >= 0.6 is 0 Å². The summed E-state index contributed by atoms with van der Waals surface area (Å²) >= 11 is 0. The first-order chi connectivity index (χ1) is 8.61. The Kier molecular flexibility index (Phi) is 9.10. The zero-order valence-corrected chi connectivity index (χ0v) is 11.2. The average molecular weight is 254 g/mol. The molecular weight excluding hydrogens is 232 g/mol. The van der Waals surface area contributed by atoms with E-state index in [0.29, 0.717) is 6.61 Å². The highest BCUT2D eigenvalue weighted by molar-refractivity contribution is 5.80. The maximum Gasteiger partial charge on any atom is 0.160 e. The molecule has 0 aliphatic heterocycles. The largest absolute Gasteiger partial charge is 0.388 e. The van der Waals surface area contributed by atoms with Crippen molar-refractivity contribution in [3.63, 3.8) is 0 Å². The number of aliphatic hydroxyl groups is 2. The van der Waals surface area contributed by atoms with E-state index in [4.69, 9.17) is 4.74 Å². The molecule has 2 unspecified atom stereocenters. The molecule has 1 rings (SSSR count). The number of hydrogen-bond acceptors (Lipinski definition) is 4. The Morgan fingerprint density at radius 1 is 1.22 bits per heavy atom. The van der Waals surface area contributed by atoms with Crippen molar-refractivity contribution in [2.45, 2.75) is 39.6 Å². The van der Waals surface area contributed by atoms with E-state index in [-0.39, 0.29) is 6.61 Å². The third-order valence-corrected chi connectivity index (χ3v) is 2.18. The summed E-state index contributed by atoms with van der Waals surface area (Å²) in [7, 11) is 0. The molecular formula is C14H22O4. The lowest BCUT2D eigenvalue weighted by atomic mass is 10.1. The van der Waals surface area contributed by atoms with Gasteiger partial charge >= 0.3 is 0 Å². The summed E-state index contributed by atoms with van der Waals surface area (Å²) in [6, 6.07) is 9.47. The van der Waals surface area contributed by atoms with E-state index in [9.17, 15) is 15.0 Å². The molecule has 0 bridgehead atoms. The minimum Gasteiger partial charge on any atom is -0.388 e. The number of carbonyl (C=O) groups excluding carboxylic acids is 1. The van der Waals surface area contributed by atoms with Crippen LogP contribution in [0.3, 0.4) is 0 Å². The molecule has 0 saturated carbocycles. The van der Waals surface area contributed by atoms with E-state index in [2.05, 4.69) is 0 Å². The van der Waals surface area contributed by atoms with E-state index in [1.165, 1.54) is 6.92 Å². The highest BCUT2D eigenvalue weighted by atomic mass is 16.5. The van der Waals surface area contributed by atoms with Gasteiger partial charge in [-0.2, -0.15) is 0 Å². The van der Waals surface area contributed by atoms with Crippen molar-refractivity contribution in [2.24, 2.45) is 0 Å². The van der Waals surface area contributed by atoms with Gasteiger partial charge in [-0.05, 0) is 12.5 Å². The van der Waals surface area contributed by atoms with Gasteiger partial charge in [-0.3, -0.25) is 4.79 Å². The molecule has 102 valence electrons. The zero-order chi connectivity index (χ0) is 14.0. The second-order valence-electron chi connectivity index (χ2n) is 3.62. The van der Waals surface area contributed by atoms with Gasteiger partial charge in [0.15, 0.2) is 5.78 Å². The van der Waals surface area contributed by atoms with Crippen molar-refractivity contribution in [1.82, 2.24) is 0 Å². The zero-order valence-electron chi connectivity index (χ0n) is 11.2. The van der Waals surface area contributed by atoms with E-state index in [0.717, 1.165) is 5.56 Å². The first kappa shape index (κ1) is 16.8. The van der Waals surface area contributed by atoms with Crippen LogP contribution in [0.4, 0.5) is 0 Å². The van der Waals surface area contributed by atoms with E-state index in [1.807, 2.05) is 44.2 Å². The quantitative estimate of drug-likeness (QED) is 0.808. The molecule has 1 aromatic rings. The highest BCUT2D eigenvalue weighted by Crippen LogP contribution is 2.02. The maximum atomic E-state index is 10.8. The molecule has 0 spiro atoms. The fourth-order valence-corrected chi connectivity index (χ4v) is 1.23. The number of Topliss-reactive ketones (excluding diaryl/α,β-unsaturated/α-hetero) is 1. The second kappa shape index (κ2) is 9.76. The Hall–Kier alpha value is -1.23. The molecule has 0 fully saturated rings. The normalized spacial score (nSPS) is 13.2.